The van der Waals surface area contributed by atoms with E-state index in [2.05, 4.69) is 31.1 Å². The Morgan fingerprint density at radius 2 is 2.05 bits per heavy atom. The predicted octanol–water partition coefficient (Wildman–Crippen LogP) is 3.78. The Balaban J connectivity index is 1.88. The van der Waals surface area contributed by atoms with Gasteiger partial charge in [0.25, 0.3) is 5.89 Å². The molecule has 0 fully saturated rings. The van der Waals surface area contributed by atoms with E-state index in [0.29, 0.717) is 29.8 Å². The molecule has 1 aromatic carbocycles. The topological polar surface area (TPSA) is 61.0 Å². The van der Waals surface area contributed by atoms with Crippen LogP contribution in [0.4, 0.5) is 0 Å². The Kier molecular flexibility index (Phi) is 3.96. The van der Waals surface area contributed by atoms with E-state index in [4.69, 9.17) is 9.26 Å². The van der Waals surface area contributed by atoms with Crippen LogP contribution in [0.1, 0.15) is 11.4 Å². The molecule has 2 heterocycles. The third-order valence-electron chi connectivity index (χ3n) is 2.79. The molecular weight excluding hydrogens is 334 g/mol. The Bertz CT molecular complexity index is 744. The van der Waals surface area contributed by atoms with E-state index in [9.17, 15) is 0 Å². The zero-order valence-corrected chi connectivity index (χ0v) is 12.9. The molecule has 0 aliphatic carbocycles. The lowest BCUT2D eigenvalue weighted by Crippen LogP contribution is -1.99. The van der Waals surface area contributed by atoms with Crippen LogP contribution >= 0.6 is 15.9 Å². The molecule has 0 saturated carbocycles. The number of hydrogen-bond donors (Lipinski definition) is 0. The molecule has 0 unspecified atom stereocenters. The van der Waals surface area contributed by atoms with Gasteiger partial charge in [-0.05, 0) is 34.5 Å². The first-order valence-corrected chi connectivity index (χ1v) is 7.14. The van der Waals surface area contributed by atoms with Gasteiger partial charge in [-0.15, -0.1) is 0 Å². The largest absolute Gasteiger partial charge is 0.472 e. The van der Waals surface area contributed by atoms with Crippen LogP contribution in [0.25, 0.3) is 11.5 Å². The molecule has 0 radical (unpaired) electrons. The van der Waals surface area contributed by atoms with Crippen LogP contribution in [-0.2, 0) is 6.61 Å². The maximum Gasteiger partial charge on any atom is 0.263 e. The van der Waals surface area contributed by atoms with Gasteiger partial charge in [-0.1, -0.05) is 35.5 Å². The fraction of sp³-hybridized carbons (Fsp3) is 0.133. The summed E-state index contributed by atoms with van der Waals surface area (Å²) in [5.74, 6) is 1.43. The van der Waals surface area contributed by atoms with Gasteiger partial charge in [0.05, 0.1) is 0 Å². The average molecular weight is 346 g/mol. The minimum absolute atomic E-state index is 0.393. The fourth-order valence-electron chi connectivity index (χ4n) is 1.83. The van der Waals surface area contributed by atoms with Gasteiger partial charge in [0.15, 0.2) is 5.82 Å². The highest BCUT2D eigenvalue weighted by Crippen LogP contribution is 2.29. The highest BCUT2D eigenvalue weighted by molar-refractivity contribution is 9.10. The molecule has 0 aliphatic heterocycles. The summed E-state index contributed by atoms with van der Waals surface area (Å²) in [7, 11) is 0. The van der Waals surface area contributed by atoms with Gasteiger partial charge in [0.2, 0.25) is 5.88 Å². The highest BCUT2D eigenvalue weighted by atomic mass is 79.9. The van der Waals surface area contributed by atoms with Gasteiger partial charge in [-0.3, -0.25) is 0 Å². The van der Waals surface area contributed by atoms with Crippen LogP contribution in [-0.4, -0.2) is 15.1 Å². The van der Waals surface area contributed by atoms with Crippen molar-refractivity contribution in [3.05, 3.63) is 58.5 Å². The lowest BCUT2D eigenvalue weighted by molar-refractivity contribution is 0.293. The van der Waals surface area contributed by atoms with Gasteiger partial charge in [0, 0.05) is 10.7 Å². The van der Waals surface area contributed by atoms with Crippen molar-refractivity contribution in [2.24, 2.45) is 0 Å². The molecule has 3 rings (SSSR count). The molecule has 0 amide bonds. The van der Waals surface area contributed by atoms with Crippen molar-refractivity contribution in [2.75, 3.05) is 0 Å². The molecule has 0 bridgehead atoms. The number of ether oxygens (including phenoxy) is 1. The second-order valence-corrected chi connectivity index (χ2v) is 5.34. The van der Waals surface area contributed by atoms with Crippen molar-refractivity contribution in [3.8, 4) is 17.3 Å². The van der Waals surface area contributed by atoms with Gasteiger partial charge in [-0.25, -0.2) is 4.98 Å². The minimum atomic E-state index is 0.393. The predicted molar refractivity (Wildman–Crippen MR) is 80.7 cm³/mol. The van der Waals surface area contributed by atoms with Crippen LogP contribution in [0.5, 0.6) is 5.88 Å². The maximum absolute atomic E-state index is 5.78. The van der Waals surface area contributed by atoms with E-state index in [1.807, 2.05) is 36.4 Å². The van der Waals surface area contributed by atoms with E-state index in [1.54, 1.807) is 13.1 Å². The van der Waals surface area contributed by atoms with Crippen molar-refractivity contribution in [2.45, 2.75) is 13.5 Å². The normalized spacial score (nSPS) is 10.6. The Labute approximate surface area is 130 Å². The second-order valence-electron chi connectivity index (χ2n) is 4.43. The Morgan fingerprint density at radius 1 is 1.24 bits per heavy atom. The highest BCUT2D eigenvalue weighted by Gasteiger charge is 2.15. The zero-order chi connectivity index (χ0) is 14.7. The van der Waals surface area contributed by atoms with Crippen molar-refractivity contribution < 1.29 is 9.26 Å². The monoisotopic (exact) mass is 345 g/mol. The zero-order valence-electron chi connectivity index (χ0n) is 11.3. The van der Waals surface area contributed by atoms with E-state index in [-0.39, 0.29) is 0 Å². The molecule has 0 spiro atoms. The third kappa shape index (κ3) is 3.28. The SMILES string of the molecule is Cc1noc(-c2cc(Br)cnc2OCc2ccccc2)n1. The molecule has 6 heteroatoms. The fourth-order valence-corrected chi connectivity index (χ4v) is 2.16. The lowest BCUT2D eigenvalue weighted by atomic mass is 10.2. The van der Waals surface area contributed by atoms with Crippen molar-refractivity contribution in [3.63, 3.8) is 0 Å². The number of hydrogen-bond acceptors (Lipinski definition) is 5. The number of benzene rings is 1. The first kappa shape index (κ1) is 13.8. The summed E-state index contributed by atoms with van der Waals surface area (Å²) in [6.45, 7) is 2.19. The average Bonchev–Trinajstić information content (AvgIpc) is 2.93. The van der Waals surface area contributed by atoms with Crippen LogP contribution in [0, 0.1) is 6.92 Å². The van der Waals surface area contributed by atoms with Gasteiger partial charge < -0.3 is 9.26 Å². The molecule has 0 N–H and O–H groups in total. The summed E-state index contributed by atoms with van der Waals surface area (Å²) < 4.78 is 11.8. The van der Waals surface area contributed by atoms with Crippen molar-refractivity contribution >= 4 is 15.9 Å². The van der Waals surface area contributed by atoms with Crippen LogP contribution in [0.15, 0.2) is 51.6 Å². The first-order valence-electron chi connectivity index (χ1n) is 6.35. The summed E-state index contributed by atoms with van der Waals surface area (Å²) >= 11 is 3.39. The van der Waals surface area contributed by atoms with Gasteiger partial charge in [-0.2, -0.15) is 4.98 Å². The molecule has 2 aromatic heterocycles. The van der Waals surface area contributed by atoms with E-state index in [0.717, 1.165) is 10.0 Å². The van der Waals surface area contributed by atoms with Gasteiger partial charge >= 0.3 is 0 Å². The summed E-state index contributed by atoms with van der Waals surface area (Å²) in [4.78, 5) is 8.50. The van der Waals surface area contributed by atoms with Crippen LogP contribution in [0.3, 0.4) is 0 Å². The maximum atomic E-state index is 5.78. The summed E-state index contributed by atoms with van der Waals surface area (Å²) in [6, 6.07) is 11.7. The van der Waals surface area contributed by atoms with Crippen molar-refractivity contribution in [1.29, 1.82) is 0 Å². The number of aromatic nitrogens is 3. The molecule has 0 saturated heterocycles. The summed E-state index contributed by atoms with van der Waals surface area (Å²) in [6.07, 6.45) is 1.67. The smallest absolute Gasteiger partial charge is 0.263 e. The summed E-state index contributed by atoms with van der Waals surface area (Å²) in [5.41, 5.74) is 1.73. The number of aryl methyl sites for hydroxylation is 1. The Morgan fingerprint density at radius 3 is 2.76 bits per heavy atom. The lowest BCUT2D eigenvalue weighted by Gasteiger charge is -2.08. The number of halogens is 1. The Hall–Kier alpha value is -2.21. The van der Waals surface area contributed by atoms with Crippen molar-refractivity contribution in [1.82, 2.24) is 15.1 Å². The standard InChI is InChI=1S/C15H12BrN3O2/c1-10-18-15(21-19-10)13-7-12(16)8-17-14(13)20-9-11-5-3-2-4-6-11/h2-8H,9H2,1H3. The van der Waals surface area contributed by atoms with Crippen LogP contribution < -0.4 is 4.74 Å². The number of rotatable bonds is 4. The minimum Gasteiger partial charge on any atom is -0.472 e. The van der Waals surface area contributed by atoms with E-state index < -0.39 is 0 Å². The molecule has 5 nitrogen and oxygen atoms in total. The molecule has 3 aromatic rings. The quantitative estimate of drug-likeness (QED) is 0.719. The summed E-state index contributed by atoms with van der Waals surface area (Å²) in [5, 5.41) is 3.80. The number of pyridine rings is 1. The van der Waals surface area contributed by atoms with Crippen LogP contribution in [0.2, 0.25) is 0 Å². The van der Waals surface area contributed by atoms with Gasteiger partial charge in [0.1, 0.15) is 12.2 Å². The molecular formula is C15H12BrN3O2. The first-order chi connectivity index (χ1) is 10.2. The molecule has 21 heavy (non-hydrogen) atoms. The number of nitrogens with zero attached hydrogens (tertiary/aromatic N) is 3. The molecule has 0 atom stereocenters. The van der Waals surface area contributed by atoms with E-state index in [1.165, 1.54) is 0 Å². The third-order valence-corrected chi connectivity index (χ3v) is 3.23. The second kappa shape index (κ2) is 6.05. The van der Waals surface area contributed by atoms with E-state index >= 15 is 0 Å². The molecule has 106 valence electrons. The molecule has 0 aliphatic rings.